The molecule has 1 aliphatic heterocycles. The lowest BCUT2D eigenvalue weighted by Crippen LogP contribution is -2.38. The SMILES string of the molecule is Cc1ccc(C(CN)N2CCCNC(=O)C2)cc1. The maximum absolute atomic E-state index is 11.6. The van der Waals surface area contributed by atoms with E-state index in [1.165, 1.54) is 11.1 Å². The molecule has 1 atom stereocenters. The molecule has 1 aromatic carbocycles. The zero-order chi connectivity index (χ0) is 13.0. The van der Waals surface area contributed by atoms with Crippen LogP contribution in [0.3, 0.4) is 0 Å². The van der Waals surface area contributed by atoms with E-state index in [4.69, 9.17) is 5.73 Å². The number of nitrogens with two attached hydrogens (primary N) is 1. The topological polar surface area (TPSA) is 58.4 Å². The maximum Gasteiger partial charge on any atom is 0.234 e. The highest BCUT2D eigenvalue weighted by Crippen LogP contribution is 2.20. The van der Waals surface area contributed by atoms with Crippen LogP contribution in [0, 0.1) is 6.92 Å². The smallest absolute Gasteiger partial charge is 0.234 e. The van der Waals surface area contributed by atoms with Gasteiger partial charge in [-0.25, -0.2) is 0 Å². The normalized spacial score (nSPS) is 19.1. The van der Waals surface area contributed by atoms with Crippen molar-refractivity contribution in [3.05, 3.63) is 35.4 Å². The Morgan fingerprint density at radius 3 is 2.78 bits per heavy atom. The second-order valence-corrected chi connectivity index (χ2v) is 4.84. The highest BCUT2D eigenvalue weighted by atomic mass is 16.2. The molecule has 0 aliphatic carbocycles. The van der Waals surface area contributed by atoms with Crippen LogP contribution >= 0.6 is 0 Å². The van der Waals surface area contributed by atoms with Crippen molar-refractivity contribution in [3.63, 3.8) is 0 Å². The summed E-state index contributed by atoms with van der Waals surface area (Å²) in [5, 5.41) is 2.89. The zero-order valence-electron chi connectivity index (χ0n) is 10.9. The molecule has 0 spiro atoms. The van der Waals surface area contributed by atoms with Crippen LogP contribution in [-0.2, 0) is 4.79 Å². The van der Waals surface area contributed by atoms with Gasteiger partial charge in [0.15, 0.2) is 0 Å². The fraction of sp³-hybridized carbons (Fsp3) is 0.500. The van der Waals surface area contributed by atoms with Crippen LogP contribution in [0.5, 0.6) is 0 Å². The molecule has 18 heavy (non-hydrogen) atoms. The van der Waals surface area contributed by atoms with Crippen LogP contribution in [0.25, 0.3) is 0 Å². The molecule has 0 saturated carbocycles. The van der Waals surface area contributed by atoms with E-state index in [9.17, 15) is 4.79 Å². The molecule has 1 amide bonds. The van der Waals surface area contributed by atoms with Gasteiger partial charge in [-0.15, -0.1) is 0 Å². The fourth-order valence-corrected chi connectivity index (χ4v) is 2.38. The Bertz CT molecular complexity index is 402. The first-order valence-corrected chi connectivity index (χ1v) is 6.48. The minimum atomic E-state index is 0.0954. The van der Waals surface area contributed by atoms with Crippen molar-refractivity contribution in [1.29, 1.82) is 0 Å². The maximum atomic E-state index is 11.6. The summed E-state index contributed by atoms with van der Waals surface area (Å²) in [6.45, 7) is 4.72. The first kappa shape index (κ1) is 13.1. The Morgan fingerprint density at radius 2 is 2.11 bits per heavy atom. The number of nitrogens with zero attached hydrogens (tertiary/aromatic N) is 1. The number of amides is 1. The molecule has 4 heteroatoms. The second kappa shape index (κ2) is 5.98. The lowest BCUT2D eigenvalue weighted by atomic mass is 10.0. The van der Waals surface area contributed by atoms with Crippen molar-refractivity contribution in [2.75, 3.05) is 26.2 Å². The van der Waals surface area contributed by atoms with Crippen LogP contribution in [-0.4, -0.2) is 37.0 Å². The van der Waals surface area contributed by atoms with Crippen molar-refractivity contribution in [3.8, 4) is 0 Å². The molecule has 0 bridgehead atoms. The van der Waals surface area contributed by atoms with Crippen molar-refractivity contribution in [2.45, 2.75) is 19.4 Å². The summed E-state index contributed by atoms with van der Waals surface area (Å²) in [6, 6.07) is 8.53. The Kier molecular flexibility index (Phi) is 4.33. The van der Waals surface area contributed by atoms with E-state index in [0.29, 0.717) is 13.1 Å². The quantitative estimate of drug-likeness (QED) is 0.831. The Hall–Kier alpha value is -1.39. The lowest BCUT2D eigenvalue weighted by Gasteiger charge is -2.29. The summed E-state index contributed by atoms with van der Waals surface area (Å²) in [5.41, 5.74) is 8.33. The number of nitrogens with one attached hydrogen (secondary N) is 1. The van der Waals surface area contributed by atoms with Gasteiger partial charge < -0.3 is 11.1 Å². The van der Waals surface area contributed by atoms with Crippen molar-refractivity contribution < 1.29 is 4.79 Å². The Labute approximate surface area is 108 Å². The van der Waals surface area contributed by atoms with E-state index >= 15 is 0 Å². The predicted octanol–water partition coefficient (Wildman–Crippen LogP) is 0.817. The number of rotatable bonds is 3. The minimum absolute atomic E-state index is 0.0954. The highest BCUT2D eigenvalue weighted by molar-refractivity contribution is 5.78. The van der Waals surface area contributed by atoms with Crippen molar-refractivity contribution in [1.82, 2.24) is 10.2 Å². The van der Waals surface area contributed by atoms with Crippen molar-refractivity contribution in [2.24, 2.45) is 5.73 Å². The molecular formula is C14H21N3O. The van der Waals surface area contributed by atoms with Gasteiger partial charge in [-0.05, 0) is 18.9 Å². The molecule has 98 valence electrons. The number of benzene rings is 1. The van der Waals surface area contributed by atoms with E-state index < -0.39 is 0 Å². The molecule has 1 unspecified atom stereocenters. The molecule has 1 saturated heterocycles. The summed E-state index contributed by atoms with van der Waals surface area (Å²) >= 11 is 0. The van der Waals surface area contributed by atoms with Gasteiger partial charge in [-0.2, -0.15) is 0 Å². The average Bonchev–Trinajstić information content (AvgIpc) is 2.57. The monoisotopic (exact) mass is 247 g/mol. The van der Waals surface area contributed by atoms with E-state index in [2.05, 4.69) is 41.4 Å². The number of aryl methyl sites for hydroxylation is 1. The zero-order valence-corrected chi connectivity index (χ0v) is 10.9. The van der Waals surface area contributed by atoms with Crippen molar-refractivity contribution >= 4 is 5.91 Å². The van der Waals surface area contributed by atoms with Crippen LogP contribution in [0.1, 0.15) is 23.6 Å². The summed E-state index contributed by atoms with van der Waals surface area (Å²) in [6.07, 6.45) is 0.980. The molecule has 0 radical (unpaired) electrons. The molecule has 1 aromatic rings. The highest BCUT2D eigenvalue weighted by Gasteiger charge is 2.23. The first-order chi connectivity index (χ1) is 8.70. The largest absolute Gasteiger partial charge is 0.355 e. The summed E-state index contributed by atoms with van der Waals surface area (Å²) in [7, 11) is 0. The molecule has 0 aromatic heterocycles. The third-order valence-electron chi connectivity index (χ3n) is 3.42. The minimum Gasteiger partial charge on any atom is -0.355 e. The summed E-state index contributed by atoms with van der Waals surface area (Å²) < 4.78 is 0. The van der Waals surface area contributed by atoms with Gasteiger partial charge in [0.05, 0.1) is 6.54 Å². The van der Waals surface area contributed by atoms with Gasteiger partial charge in [-0.3, -0.25) is 9.69 Å². The standard InChI is InChI=1S/C14H21N3O/c1-11-3-5-12(6-4-11)13(9-15)17-8-2-7-16-14(18)10-17/h3-6,13H,2,7-10,15H2,1H3,(H,16,18). The van der Waals surface area contributed by atoms with E-state index in [-0.39, 0.29) is 11.9 Å². The van der Waals surface area contributed by atoms with Gasteiger partial charge in [0, 0.05) is 25.7 Å². The van der Waals surface area contributed by atoms with E-state index in [1.54, 1.807) is 0 Å². The van der Waals surface area contributed by atoms with E-state index in [0.717, 1.165) is 19.5 Å². The van der Waals surface area contributed by atoms with Gasteiger partial charge in [-0.1, -0.05) is 29.8 Å². The number of carbonyl (C=O) groups is 1. The van der Waals surface area contributed by atoms with Crippen LogP contribution < -0.4 is 11.1 Å². The fourth-order valence-electron chi connectivity index (χ4n) is 2.38. The molecule has 2 rings (SSSR count). The van der Waals surface area contributed by atoms with Gasteiger partial charge in [0.25, 0.3) is 0 Å². The molecule has 1 heterocycles. The van der Waals surface area contributed by atoms with E-state index in [1.807, 2.05) is 0 Å². The lowest BCUT2D eigenvalue weighted by molar-refractivity contribution is -0.121. The van der Waals surface area contributed by atoms with Crippen LogP contribution in [0.4, 0.5) is 0 Å². The molecule has 1 fully saturated rings. The number of hydrogen-bond acceptors (Lipinski definition) is 3. The molecule has 1 aliphatic rings. The second-order valence-electron chi connectivity index (χ2n) is 4.84. The van der Waals surface area contributed by atoms with Crippen LogP contribution in [0.15, 0.2) is 24.3 Å². The summed E-state index contributed by atoms with van der Waals surface area (Å²) in [5.74, 6) is 0.0954. The average molecular weight is 247 g/mol. The number of carbonyl (C=O) groups excluding carboxylic acids is 1. The predicted molar refractivity (Wildman–Crippen MR) is 72.2 cm³/mol. The summed E-state index contributed by atoms with van der Waals surface area (Å²) in [4.78, 5) is 13.8. The third kappa shape index (κ3) is 3.09. The molecular weight excluding hydrogens is 226 g/mol. The van der Waals surface area contributed by atoms with Gasteiger partial charge >= 0.3 is 0 Å². The Morgan fingerprint density at radius 1 is 1.39 bits per heavy atom. The third-order valence-corrected chi connectivity index (χ3v) is 3.42. The first-order valence-electron chi connectivity index (χ1n) is 6.48. The van der Waals surface area contributed by atoms with Gasteiger partial charge in [0.1, 0.15) is 0 Å². The Balaban J connectivity index is 2.16. The molecule has 3 N–H and O–H groups in total. The van der Waals surface area contributed by atoms with Crippen LogP contribution in [0.2, 0.25) is 0 Å². The molecule has 4 nitrogen and oxygen atoms in total. The number of hydrogen-bond donors (Lipinski definition) is 2. The van der Waals surface area contributed by atoms with Gasteiger partial charge in [0.2, 0.25) is 5.91 Å².